The Morgan fingerprint density at radius 2 is 1.90 bits per heavy atom. The molecule has 20 heavy (non-hydrogen) atoms. The van der Waals surface area contributed by atoms with E-state index in [9.17, 15) is 4.79 Å². The van der Waals surface area contributed by atoms with Crippen molar-refractivity contribution in [1.82, 2.24) is 5.32 Å². The Kier molecular flexibility index (Phi) is 6.02. The number of hydrogen-bond donors (Lipinski definition) is 3. The van der Waals surface area contributed by atoms with Crippen molar-refractivity contribution >= 4 is 40.8 Å². The fourth-order valence-electron chi connectivity index (χ4n) is 2.00. The quantitative estimate of drug-likeness (QED) is 0.590. The number of carbonyl (C=O) groups excluding carboxylic acids is 1. The molecule has 110 valence electrons. The van der Waals surface area contributed by atoms with E-state index in [1.165, 1.54) is 0 Å². The van der Waals surface area contributed by atoms with E-state index in [2.05, 4.69) is 30.2 Å². The summed E-state index contributed by atoms with van der Waals surface area (Å²) in [5, 5.41) is 6.04. The van der Waals surface area contributed by atoms with E-state index in [4.69, 9.17) is 12.2 Å². The second-order valence-electron chi connectivity index (χ2n) is 5.71. The van der Waals surface area contributed by atoms with Crippen molar-refractivity contribution < 1.29 is 4.79 Å². The number of anilines is 1. The van der Waals surface area contributed by atoms with Crippen LogP contribution >= 0.6 is 24.8 Å². The van der Waals surface area contributed by atoms with Gasteiger partial charge < -0.3 is 10.6 Å². The Hall–Kier alpha value is -1.07. The van der Waals surface area contributed by atoms with E-state index in [0.29, 0.717) is 10.7 Å². The molecule has 0 bridgehead atoms. The number of thiocarbonyl (C=S) groups is 1. The molecule has 0 atom stereocenters. The number of benzene rings is 1. The first-order valence-electron chi connectivity index (χ1n) is 6.64. The highest BCUT2D eigenvalue weighted by Gasteiger charge is 2.16. The number of aryl methyl sites for hydroxylation is 1. The van der Waals surface area contributed by atoms with Crippen LogP contribution in [0.2, 0.25) is 0 Å². The van der Waals surface area contributed by atoms with Gasteiger partial charge in [0.25, 0.3) is 0 Å². The summed E-state index contributed by atoms with van der Waals surface area (Å²) in [7, 11) is 0. The maximum atomic E-state index is 12.1. The number of thiol groups is 1. The average molecular weight is 310 g/mol. The minimum atomic E-state index is -0.230. The van der Waals surface area contributed by atoms with Crippen molar-refractivity contribution in [2.75, 3.05) is 5.32 Å². The normalized spacial score (nSPS) is 11.1. The predicted molar refractivity (Wildman–Crippen MR) is 92.6 cm³/mol. The van der Waals surface area contributed by atoms with Crippen molar-refractivity contribution in [3.05, 3.63) is 29.3 Å². The second-order valence-corrected chi connectivity index (χ2v) is 6.87. The largest absolute Gasteiger partial charge is 0.351 e. The fourth-order valence-corrected chi connectivity index (χ4v) is 2.21. The summed E-state index contributed by atoms with van der Waals surface area (Å²) in [6, 6.07) is 5.93. The zero-order chi connectivity index (χ0) is 15.3. The predicted octanol–water partition coefficient (Wildman–Crippen LogP) is 3.33. The number of hydrogen-bond acceptors (Lipinski definition) is 2. The second kappa shape index (κ2) is 7.09. The minimum absolute atomic E-state index is 0.00103. The van der Waals surface area contributed by atoms with Crippen molar-refractivity contribution in [3.8, 4) is 0 Å². The van der Waals surface area contributed by atoms with Crippen LogP contribution in [0.5, 0.6) is 0 Å². The molecule has 0 fully saturated rings. The summed E-state index contributed by atoms with van der Waals surface area (Å²) < 4.78 is 0.406. The number of rotatable bonds is 4. The number of para-hydroxylation sites is 1. The van der Waals surface area contributed by atoms with Crippen LogP contribution in [0.25, 0.3) is 0 Å². The monoisotopic (exact) mass is 310 g/mol. The van der Waals surface area contributed by atoms with Gasteiger partial charge in [0, 0.05) is 11.2 Å². The van der Waals surface area contributed by atoms with Crippen molar-refractivity contribution in [2.24, 2.45) is 0 Å². The van der Waals surface area contributed by atoms with Crippen LogP contribution in [-0.2, 0) is 17.6 Å². The van der Waals surface area contributed by atoms with Gasteiger partial charge in [-0.3, -0.25) is 4.79 Å². The molecule has 0 saturated carbocycles. The van der Waals surface area contributed by atoms with Gasteiger partial charge in [0.2, 0.25) is 5.91 Å². The van der Waals surface area contributed by atoms with Crippen LogP contribution < -0.4 is 10.6 Å². The average Bonchev–Trinajstić information content (AvgIpc) is 2.28. The molecule has 0 aliphatic rings. The minimum Gasteiger partial charge on any atom is -0.351 e. The smallest absolute Gasteiger partial charge is 0.224 e. The van der Waals surface area contributed by atoms with Crippen LogP contribution in [0, 0.1) is 0 Å². The van der Waals surface area contributed by atoms with Crippen LogP contribution in [0.15, 0.2) is 18.2 Å². The lowest BCUT2D eigenvalue weighted by Gasteiger charge is -2.21. The summed E-state index contributed by atoms with van der Waals surface area (Å²) in [6.45, 7) is 7.97. The van der Waals surface area contributed by atoms with Gasteiger partial charge in [-0.1, -0.05) is 37.3 Å². The molecule has 0 heterocycles. The molecule has 0 aliphatic heterocycles. The first-order valence-corrected chi connectivity index (χ1v) is 7.50. The lowest BCUT2D eigenvalue weighted by Crippen LogP contribution is -2.41. The standard InChI is InChI=1S/C15H22N2OS2/c1-5-10-7-6-8-11(13(10)16-14(19)20)9-12(18)17-15(2,3)4/h6-8H,5,9H2,1-4H3,(H,17,18)(H2,16,19,20). The van der Waals surface area contributed by atoms with Gasteiger partial charge in [-0.2, -0.15) is 0 Å². The molecule has 0 unspecified atom stereocenters. The third-order valence-corrected chi connectivity index (χ3v) is 2.93. The SMILES string of the molecule is CCc1cccc(CC(=O)NC(C)(C)C)c1NC(=S)S. The Morgan fingerprint density at radius 3 is 2.40 bits per heavy atom. The van der Waals surface area contributed by atoms with Crippen LogP contribution in [0.3, 0.4) is 0 Å². The van der Waals surface area contributed by atoms with E-state index in [-0.39, 0.29) is 11.4 Å². The van der Waals surface area contributed by atoms with Gasteiger partial charge in [-0.25, -0.2) is 0 Å². The lowest BCUT2D eigenvalue weighted by atomic mass is 10.0. The molecule has 0 spiro atoms. The van der Waals surface area contributed by atoms with Crippen molar-refractivity contribution in [3.63, 3.8) is 0 Å². The Balaban J connectivity index is 2.99. The van der Waals surface area contributed by atoms with Gasteiger partial charge in [0.1, 0.15) is 4.32 Å². The highest BCUT2D eigenvalue weighted by Crippen LogP contribution is 2.23. The van der Waals surface area contributed by atoms with E-state index in [0.717, 1.165) is 23.2 Å². The van der Waals surface area contributed by atoms with E-state index in [1.54, 1.807) is 0 Å². The molecule has 0 radical (unpaired) electrons. The van der Waals surface area contributed by atoms with E-state index < -0.39 is 0 Å². The molecule has 3 nitrogen and oxygen atoms in total. The van der Waals surface area contributed by atoms with E-state index in [1.807, 2.05) is 39.0 Å². The van der Waals surface area contributed by atoms with Gasteiger partial charge in [0.05, 0.1) is 6.42 Å². The summed E-state index contributed by atoms with van der Waals surface area (Å²) in [5.41, 5.74) is 2.73. The molecule has 0 saturated heterocycles. The third-order valence-electron chi connectivity index (χ3n) is 2.72. The summed E-state index contributed by atoms with van der Waals surface area (Å²) >= 11 is 9.12. The topological polar surface area (TPSA) is 41.1 Å². The number of nitrogens with one attached hydrogen (secondary N) is 2. The first kappa shape index (κ1) is 17.0. The fraction of sp³-hybridized carbons (Fsp3) is 0.467. The zero-order valence-corrected chi connectivity index (χ0v) is 14.1. The maximum absolute atomic E-state index is 12.1. The molecule has 0 aliphatic carbocycles. The highest BCUT2D eigenvalue weighted by molar-refractivity contribution is 8.11. The Labute approximate surface area is 131 Å². The highest BCUT2D eigenvalue weighted by atomic mass is 32.1. The molecule has 5 heteroatoms. The van der Waals surface area contributed by atoms with Gasteiger partial charge >= 0.3 is 0 Å². The Bertz CT molecular complexity index is 507. The van der Waals surface area contributed by atoms with Crippen LogP contribution in [0.4, 0.5) is 5.69 Å². The maximum Gasteiger partial charge on any atom is 0.224 e. The first-order chi connectivity index (χ1) is 9.23. The zero-order valence-electron chi connectivity index (χ0n) is 12.4. The molecule has 1 amide bonds. The van der Waals surface area contributed by atoms with Crippen LogP contribution in [-0.4, -0.2) is 15.8 Å². The molecule has 1 rings (SSSR count). The molecule has 2 N–H and O–H groups in total. The van der Waals surface area contributed by atoms with E-state index >= 15 is 0 Å². The molecular weight excluding hydrogens is 288 g/mol. The Morgan fingerprint density at radius 1 is 1.30 bits per heavy atom. The van der Waals surface area contributed by atoms with Gasteiger partial charge in [0.15, 0.2) is 0 Å². The van der Waals surface area contributed by atoms with Gasteiger partial charge in [-0.15, -0.1) is 12.6 Å². The van der Waals surface area contributed by atoms with Crippen LogP contribution in [0.1, 0.15) is 38.8 Å². The third kappa shape index (κ3) is 5.51. The summed E-state index contributed by atoms with van der Waals surface area (Å²) in [5.74, 6) is -0.00103. The molecule has 0 aromatic heterocycles. The summed E-state index contributed by atoms with van der Waals surface area (Å²) in [6.07, 6.45) is 1.19. The molecule has 1 aromatic carbocycles. The number of carbonyl (C=O) groups is 1. The van der Waals surface area contributed by atoms with Crippen molar-refractivity contribution in [1.29, 1.82) is 0 Å². The lowest BCUT2D eigenvalue weighted by molar-refractivity contribution is -0.121. The molecular formula is C15H22N2OS2. The molecule has 1 aromatic rings. The van der Waals surface area contributed by atoms with Crippen molar-refractivity contribution in [2.45, 2.75) is 46.1 Å². The number of amides is 1. The van der Waals surface area contributed by atoms with Gasteiger partial charge in [-0.05, 0) is 38.3 Å². The summed E-state index contributed by atoms with van der Waals surface area (Å²) in [4.78, 5) is 12.1.